The van der Waals surface area contributed by atoms with Gasteiger partial charge >= 0.3 is 0 Å². The normalized spacial score (nSPS) is 10.8. The van der Waals surface area contributed by atoms with Gasteiger partial charge < -0.3 is 9.64 Å². The van der Waals surface area contributed by atoms with Crippen molar-refractivity contribution in [3.05, 3.63) is 59.4 Å². The van der Waals surface area contributed by atoms with E-state index in [1.807, 2.05) is 42.5 Å². The summed E-state index contributed by atoms with van der Waals surface area (Å²) in [6, 6.07) is 13.8. The number of aromatic nitrogens is 2. The van der Waals surface area contributed by atoms with E-state index in [4.69, 9.17) is 16.3 Å². The second kappa shape index (κ2) is 6.93. The molecule has 0 fully saturated rings. The van der Waals surface area contributed by atoms with E-state index in [0.717, 1.165) is 16.5 Å². The van der Waals surface area contributed by atoms with E-state index in [1.165, 1.54) is 0 Å². The predicted octanol–water partition coefficient (Wildman–Crippen LogP) is 3.26. The zero-order chi connectivity index (χ0) is 17.1. The van der Waals surface area contributed by atoms with E-state index in [1.54, 1.807) is 29.9 Å². The van der Waals surface area contributed by atoms with E-state index in [-0.39, 0.29) is 12.5 Å². The van der Waals surface area contributed by atoms with Crippen LogP contribution in [0.4, 0.5) is 0 Å². The van der Waals surface area contributed by atoms with Gasteiger partial charge in [-0.25, -0.2) is 0 Å². The molecule has 0 saturated heterocycles. The number of hydrogen-bond donors (Lipinski definition) is 0. The third-order valence-electron chi connectivity index (χ3n) is 3.91. The molecule has 2 aromatic carbocycles. The summed E-state index contributed by atoms with van der Waals surface area (Å²) in [7, 11) is 3.51. The van der Waals surface area contributed by atoms with Crippen LogP contribution in [0.15, 0.2) is 48.7 Å². The number of fused-ring (bicyclic) bond motifs is 1. The maximum absolute atomic E-state index is 12.3. The highest BCUT2D eigenvalue weighted by Gasteiger charge is 2.14. The highest BCUT2D eigenvalue weighted by Crippen LogP contribution is 2.21. The van der Waals surface area contributed by atoms with Crippen molar-refractivity contribution in [1.29, 1.82) is 0 Å². The lowest BCUT2D eigenvalue weighted by Crippen LogP contribution is -2.31. The fourth-order valence-electron chi connectivity index (χ4n) is 2.44. The number of nitrogens with zero attached hydrogens (tertiary/aromatic N) is 3. The van der Waals surface area contributed by atoms with Crippen LogP contribution in [0.2, 0.25) is 5.02 Å². The summed E-state index contributed by atoms with van der Waals surface area (Å²) in [6.45, 7) is 0.361. The Morgan fingerprint density at radius 1 is 1.25 bits per heavy atom. The van der Waals surface area contributed by atoms with Crippen LogP contribution < -0.4 is 4.74 Å². The monoisotopic (exact) mass is 343 g/mol. The van der Waals surface area contributed by atoms with Gasteiger partial charge in [0.05, 0.1) is 23.5 Å². The molecule has 0 unspecified atom stereocenters. The molecule has 0 spiro atoms. The van der Waals surface area contributed by atoms with Gasteiger partial charge in [0, 0.05) is 14.1 Å². The molecule has 0 saturated carbocycles. The Bertz CT molecular complexity index is 856. The lowest BCUT2D eigenvalue weighted by molar-refractivity contribution is -0.132. The smallest absolute Gasteiger partial charge is 0.260 e. The molecule has 6 heteroatoms. The van der Waals surface area contributed by atoms with Crippen LogP contribution >= 0.6 is 11.6 Å². The van der Waals surface area contributed by atoms with Crippen LogP contribution in [0.25, 0.3) is 10.8 Å². The van der Waals surface area contributed by atoms with E-state index in [9.17, 15) is 4.79 Å². The minimum atomic E-state index is -0.125. The van der Waals surface area contributed by atoms with Crippen molar-refractivity contribution < 1.29 is 9.53 Å². The van der Waals surface area contributed by atoms with Crippen molar-refractivity contribution in [3.8, 4) is 5.75 Å². The molecule has 3 aromatic rings. The minimum Gasteiger partial charge on any atom is -0.484 e. The summed E-state index contributed by atoms with van der Waals surface area (Å²) in [5.41, 5.74) is 0.790. The fraction of sp³-hybridized carbons (Fsp3) is 0.222. The van der Waals surface area contributed by atoms with Crippen LogP contribution in [-0.4, -0.2) is 34.2 Å². The number of rotatable bonds is 5. The van der Waals surface area contributed by atoms with Gasteiger partial charge in [0.25, 0.3) is 5.91 Å². The van der Waals surface area contributed by atoms with E-state index in [0.29, 0.717) is 17.3 Å². The summed E-state index contributed by atoms with van der Waals surface area (Å²) in [4.78, 5) is 13.8. The molecule has 1 amide bonds. The predicted molar refractivity (Wildman–Crippen MR) is 94.1 cm³/mol. The molecule has 124 valence electrons. The topological polar surface area (TPSA) is 47.4 Å². The average molecular weight is 344 g/mol. The summed E-state index contributed by atoms with van der Waals surface area (Å²) >= 11 is 6.07. The maximum Gasteiger partial charge on any atom is 0.260 e. The molecule has 0 aliphatic carbocycles. The Morgan fingerprint density at radius 3 is 2.71 bits per heavy atom. The number of carbonyl (C=O) groups excluding carboxylic acids is 1. The van der Waals surface area contributed by atoms with Crippen LogP contribution in [-0.2, 0) is 18.4 Å². The van der Waals surface area contributed by atoms with Gasteiger partial charge in [0.2, 0.25) is 0 Å². The van der Waals surface area contributed by atoms with Crippen LogP contribution in [0.3, 0.4) is 0 Å². The Morgan fingerprint density at radius 2 is 2.00 bits per heavy atom. The van der Waals surface area contributed by atoms with Crippen molar-refractivity contribution in [1.82, 2.24) is 14.7 Å². The molecule has 0 atom stereocenters. The Kier molecular flexibility index (Phi) is 4.71. The summed E-state index contributed by atoms with van der Waals surface area (Å²) in [6.07, 6.45) is 1.57. The minimum absolute atomic E-state index is 0.0235. The third-order valence-corrected chi connectivity index (χ3v) is 4.22. The molecule has 0 N–H and O–H groups in total. The Labute approximate surface area is 145 Å². The second-order valence-electron chi connectivity index (χ2n) is 5.61. The number of benzene rings is 2. The standard InChI is InChI=1S/C18H18ClN3O2/c1-21(11-17-16(19)10-20-22(17)2)18(23)12-24-15-8-7-13-5-3-4-6-14(13)9-15/h3-10H,11-12H2,1-2H3. The first-order valence-corrected chi connectivity index (χ1v) is 7.94. The van der Waals surface area contributed by atoms with Gasteiger partial charge in [0.1, 0.15) is 5.75 Å². The van der Waals surface area contributed by atoms with Crippen molar-refractivity contribution in [2.45, 2.75) is 6.54 Å². The summed E-state index contributed by atoms with van der Waals surface area (Å²) < 4.78 is 7.29. The number of ether oxygens (including phenoxy) is 1. The third kappa shape index (κ3) is 3.51. The maximum atomic E-state index is 12.3. The van der Waals surface area contributed by atoms with Crippen molar-refractivity contribution in [2.24, 2.45) is 7.05 Å². The molecule has 0 bridgehead atoms. The zero-order valence-electron chi connectivity index (χ0n) is 13.6. The Balaban J connectivity index is 1.61. The van der Waals surface area contributed by atoms with E-state index >= 15 is 0 Å². The lowest BCUT2D eigenvalue weighted by Gasteiger charge is -2.18. The summed E-state index contributed by atoms with van der Waals surface area (Å²) in [5.74, 6) is 0.550. The number of carbonyl (C=O) groups is 1. The molecule has 0 aliphatic rings. The second-order valence-corrected chi connectivity index (χ2v) is 6.02. The first-order valence-electron chi connectivity index (χ1n) is 7.56. The van der Waals surface area contributed by atoms with Gasteiger partial charge in [0.15, 0.2) is 6.61 Å². The molecule has 5 nitrogen and oxygen atoms in total. The molecule has 1 heterocycles. The SMILES string of the molecule is CN(Cc1c(Cl)cnn1C)C(=O)COc1ccc2ccccc2c1. The number of halogens is 1. The largest absolute Gasteiger partial charge is 0.484 e. The summed E-state index contributed by atoms with van der Waals surface area (Å²) in [5, 5.41) is 6.83. The van der Waals surface area contributed by atoms with Crippen LogP contribution in [0, 0.1) is 0 Å². The lowest BCUT2D eigenvalue weighted by atomic mass is 10.1. The highest BCUT2D eigenvalue weighted by atomic mass is 35.5. The number of amides is 1. The molecule has 0 radical (unpaired) electrons. The number of aryl methyl sites for hydroxylation is 1. The van der Waals surface area contributed by atoms with Gasteiger partial charge in [-0.1, -0.05) is 41.9 Å². The first kappa shape index (κ1) is 16.3. The molecular formula is C18H18ClN3O2. The number of likely N-dealkylation sites (N-methyl/N-ethyl adjacent to an activating group) is 1. The van der Waals surface area contributed by atoms with Crippen molar-refractivity contribution in [2.75, 3.05) is 13.7 Å². The van der Waals surface area contributed by atoms with E-state index in [2.05, 4.69) is 5.10 Å². The van der Waals surface area contributed by atoms with E-state index < -0.39 is 0 Å². The molecule has 3 rings (SSSR count). The average Bonchev–Trinajstić information content (AvgIpc) is 2.91. The fourth-order valence-corrected chi connectivity index (χ4v) is 2.66. The van der Waals surface area contributed by atoms with Gasteiger partial charge in [-0.15, -0.1) is 0 Å². The number of hydrogen-bond acceptors (Lipinski definition) is 3. The molecular weight excluding hydrogens is 326 g/mol. The van der Waals surface area contributed by atoms with Crippen molar-refractivity contribution in [3.63, 3.8) is 0 Å². The zero-order valence-corrected chi connectivity index (χ0v) is 14.3. The van der Waals surface area contributed by atoms with Gasteiger partial charge in [-0.05, 0) is 22.9 Å². The van der Waals surface area contributed by atoms with Crippen LogP contribution in [0.1, 0.15) is 5.69 Å². The van der Waals surface area contributed by atoms with Crippen molar-refractivity contribution >= 4 is 28.3 Å². The molecule has 0 aliphatic heterocycles. The van der Waals surface area contributed by atoms with Crippen LogP contribution in [0.5, 0.6) is 5.75 Å². The Hall–Kier alpha value is -2.53. The highest BCUT2D eigenvalue weighted by molar-refractivity contribution is 6.31. The molecule has 1 aromatic heterocycles. The van der Waals surface area contributed by atoms with Gasteiger partial charge in [-0.3, -0.25) is 9.48 Å². The molecule has 24 heavy (non-hydrogen) atoms. The van der Waals surface area contributed by atoms with Gasteiger partial charge in [-0.2, -0.15) is 5.10 Å². The first-order chi connectivity index (χ1) is 11.5. The quantitative estimate of drug-likeness (QED) is 0.714.